The molecule has 0 aliphatic carbocycles. The molecule has 3 nitrogen and oxygen atoms in total. The summed E-state index contributed by atoms with van der Waals surface area (Å²) in [6, 6.07) is 3.54. The normalized spacial score (nSPS) is 11.3. The Labute approximate surface area is 112 Å². The molecule has 0 bridgehead atoms. The van der Waals surface area contributed by atoms with Crippen LogP contribution in [0.25, 0.3) is 0 Å². The van der Waals surface area contributed by atoms with E-state index in [4.69, 9.17) is 4.42 Å². The quantitative estimate of drug-likeness (QED) is 0.847. The van der Waals surface area contributed by atoms with E-state index >= 15 is 0 Å². The summed E-state index contributed by atoms with van der Waals surface area (Å²) in [5.74, 6) is -0.825. The lowest BCUT2D eigenvalue weighted by molar-refractivity contribution is 0.251. The maximum atomic E-state index is 12.0. The van der Waals surface area contributed by atoms with Crippen LogP contribution >= 0.6 is 23.1 Å². The van der Waals surface area contributed by atoms with E-state index in [1.54, 1.807) is 29.0 Å². The molecular formula is C11H12F2N2OS2. The van der Waals surface area contributed by atoms with Crippen molar-refractivity contribution >= 4 is 23.1 Å². The number of nitrogens with one attached hydrogen (secondary N) is 1. The van der Waals surface area contributed by atoms with Gasteiger partial charge in [0.05, 0.1) is 17.8 Å². The van der Waals surface area contributed by atoms with Gasteiger partial charge in [0.2, 0.25) is 0 Å². The number of furan rings is 1. The van der Waals surface area contributed by atoms with E-state index in [0.717, 1.165) is 17.2 Å². The van der Waals surface area contributed by atoms with Crippen LogP contribution in [0.4, 0.5) is 8.78 Å². The summed E-state index contributed by atoms with van der Waals surface area (Å²) in [6.07, 6.45) is 1.81. The lowest BCUT2D eigenvalue weighted by atomic mass is 10.4. The first-order valence-corrected chi connectivity index (χ1v) is 7.22. The van der Waals surface area contributed by atoms with Crippen molar-refractivity contribution in [3.63, 3.8) is 0 Å². The third-order valence-electron chi connectivity index (χ3n) is 2.15. The largest absolute Gasteiger partial charge is 0.464 e. The summed E-state index contributed by atoms with van der Waals surface area (Å²) in [5, 5.41) is 3.20. The number of nitrogens with zero attached hydrogens (tertiary/aromatic N) is 1. The minimum Gasteiger partial charge on any atom is -0.464 e. The molecule has 0 saturated heterocycles. The zero-order valence-corrected chi connectivity index (χ0v) is 11.1. The molecule has 0 unspecified atom stereocenters. The first kappa shape index (κ1) is 13.5. The van der Waals surface area contributed by atoms with Crippen LogP contribution in [0.1, 0.15) is 16.4 Å². The van der Waals surface area contributed by atoms with Crippen molar-refractivity contribution < 1.29 is 13.2 Å². The fraction of sp³-hybridized carbons (Fsp3) is 0.364. The van der Waals surface area contributed by atoms with Crippen molar-refractivity contribution in [2.24, 2.45) is 0 Å². The lowest BCUT2D eigenvalue weighted by Crippen LogP contribution is -2.11. The number of thioether (sulfide) groups is 1. The van der Waals surface area contributed by atoms with E-state index in [2.05, 4.69) is 10.3 Å². The van der Waals surface area contributed by atoms with Crippen LogP contribution in [0, 0.1) is 0 Å². The molecule has 0 aromatic carbocycles. The summed E-state index contributed by atoms with van der Waals surface area (Å²) in [7, 11) is 0. The lowest BCUT2D eigenvalue weighted by Gasteiger charge is -2.00. The van der Waals surface area contributed by atoms with Crippen LogP contribution in [0.3, 0.4) is 0 Å². The molecule has 18 heavy (non-hydrogen) atoms. The first-order chi connectivity index (χ1) is 8.74. The van der Waals surface area contributed by atoms with Gasteiger partial charge in [-0.1, -0.05) is 11.8 Å². The Morgan fingerprint density at radius 2 is 2.17 bits per heavy atom. The monoisotopic (exact) mass is 290 g/mol. The van der Waals surface area contributed by atoms with Gasteiger partial charge >= 0.3 is 0 Å². The number of thiazole rings is 1. The zero-order chi connectivity index (χ0) is 12.8. The summed E-state index contributed by atoms with van der Waals surface area (Å²) in [5.41, 5.74) is 1.78. The summed E-state index contributed by atoms with van der Waals surface area (Å²) in [4.78, 5) is 5.12. The van der Waals surface area contributed by atoms with Gasteiger partial charge in [-0.15, -0.1) is 11.3 Å². The molecule has 2 aromatic rings. The van der Waals surface area contributed by atoms with Gasteiger partial charge in [-0.05, 0) is 12.1 Å². The molecule has 1 N–H and O–H groups in total. The minimum absolute atomic E-state index is 0.201. The van der Waals surface area contributed by atoms with E-state index < -0.39 is 5.76 Å². The summed E-state index contributed by atoms with van der Waals surface area (Å²) in [6.45, 7) is 1.31. The second kappa shape index (κ2) is 6.86. The van der Waals surface area contributed by atoms with E-state index in [1.165, 1.54) is 0 Å². The van der Waals surface area contributed by atoms with E-state index in [0.29, 0.717) is 24.1 Å². The molecule has 0 aliphatic heterocycles. The smallest absolute Gasteiger partial charge is 0.284 e. The average molecular weight is 290 g/mol. The zero-order valence-electron chi connectivity index (χ0n) is 9.44. The van der Waals surface area contributed by atoms with Crippen molar-refractivity contribution in [1.82, 2.24) is 10.3 Å². The first-order valence-electron chi connectivity index (χ1n) is 5.29. The second-order valence-corrected chi connectivity index (χ2v) is 5.46. The Morgan fingerprint density at radius 1 is 1.33 bits per heavy atom. The molecule has 0 aliphatic rings. The van der Waals surface area contributed by atoms with Gasteiger partial charge in [-0.2, -0.15) is 8.78 Å². The molecule has 0 spiro atoms. The Morgan fingerprint density at radius 3 is 2.89 bits per heavy atom. The number of alkyl halides is 2. The van der Waals surface area contributed by atoms with Crippen LogP contribution in [0.2, 0.25) is 0 Å². The molecule has 2 rings (SSSR count). The van der Waals surface area contributed by atoms with Crippen molar-refractivity contribution in [1.29, 1.82) is 0 Å². The highest BCUT2D eigenvalue weighted by Gasteiger charge is 2.07. The topological polar surface area (TPSA) is 38.1 Å². The molecular weight excluding hydrogens is 278 g/mol. The molecule has 0 fully saturated rings. The SMILES string of the molecule is FC(F)SCc1ccc(CNCc2cncs2)o1. The fourth-order valence-corrected chi connectivity index (χ4v) is 2.39. The van der Waals surface area contributed by atoms with Gasteiger partial charge in [-0.3, -0.25) is 4.98 Å². The average Bonchev–Trinajstić information content (AvgIpc) is 2.97. The Bertz CT molecular complexity index is 459. The highest BCUT2D eigenvalue weighted by atomic mass is 32.2. The molecule has 0 atom stereocenters. The third kappa shape index (κ3) is 4.40. The van der Waals surface area contributed by atoms with Gasteiger partial charge < -0.3 is 9.73 Å². The van der Waals surface area contributed by atoms with Crippen LogP contribution in [-0.2, 0) is 18.8 Å². The second-order valence-electron chi connectivity index (χ2n) is 3.51. The van der Waals surface area contributed by atoms with Crippen molar-refractivity contribution in [3.05, 3.63) is 40.2 Å². The number of hydrogen-bond acceptors (Lipinski definition) is 5. The standard InChI is InChI=1S/C11H12F2N2OS2/c12-11(13)17-6-9-2-1-8(16-9)3-14-4-10-5-15-7-18-10/h1-2,5,7,11,14H,3-4,6H2. The van der Waals surface area contributed by atoms with Gasteiger partial charge in [0.15, 0.2) is 0 Å². The molecule has 2 heterocycles. The van der Waals surface area contributed by atoms with Crippen LogP contribution in [0.5, 0.6) is 0 Å². The maximum Gasteiger partial charge on any atom is 0.284 e. The van der Waals surface area contributed by atoms with Crippen LogP contribution < -0.4 is 5.32 Å². The van der Waals surface area contributed by atoms with E-state index in [9.17, 15) is 8.78 Å². The van der Waals surface area contributed by atoms with Crippen molar-refractivity contribution in [3.8, 4) is 0 Å². The molecule has 0 radical (unpaired) electrons. The van der Waals surface area contributed by atoms with E-state index in [-0.39, 0.29) is 5.75 Å². The summed E-state index contributed by atoms with van der Waals surface area (Å²) < 4.78 is 29.4. The highest BCUT2D eigenvalue weighted by molar-refractivity contribution is 7.98. The Hall–Kier alpha value is -0.920. The molecule has 2 aromatic heterocycles. The van der Waals surface area contributed by atoms with Gasteiger partial charge in [-0.25, -0.2) is 0 Å². The Balaban J connectivity index is 1.73. The highest BCUT2D eigenvalue weighted by Crippen LogP contribution is 2.21. The van der Waals surface area contributed by atoms with Gasteiger partial charge in [0.25, 0.3) is 5.76 Å². The van der Waals surface area contributed by atoms with Crippen molar-refractivity contribution in [2.45, 2.75) is 24.6 Å². The third-order valence-corrected chi connectivity index (χ3v) is 3.63. The van der Waals surface area contributed by atoms with Crippen molar-refractivity contribution in [2.75, 3.05) is 0 Å². The minimum atomic E-state index is -2.36. The van der Waals surface area contributed by atoms with Gasteiger partial charge in [0.1, 0.15) is 11.5 Å². The van der Waals surface area contributed by atoms with E-state index in [1.807, 2.05) is 6.20 Å². The van der Waals surface area contributed by atoms with Gasteiger partial charge in [0, 0.05) is 17.6 Å². The molecule has 0 amide bonds. The predicted molar refractivity (Wildman–Crippen MR) is 68.7 cm³/mol. The molecule has 7 heteroatoms. The molecule has 98 valence electrons. The van der Waals surface area contributed by atoms with Crippen LogP contribution in [0.15, 0.2) is 28.3 Å². The van der Waals surface area contributed by atoms with Crippen LogP contribution in [-0.4, -0.2) is 10.7 Å². The summed E-state index contributed by atoms with van der Waals surface area (Å²) >= 11 is 2.15. The number of halogens is 2. The fourth-order valence-electron chi connectivity index (χ4n) is 1.38. The maximum absolute atomic E-state index is 12.0. The number of aromatic nitrogens is 1. The Kier molecular flexibility index (Phi) is 5.15. The predicted octanol–water partition coefficient (Wildman–Crippen LogP) is 3.48. The number of rotatable bonds is 7. The molecule has 0 saturated carbocycles. The number of hydrogen-bond donors (Lipinski definition) is 1.